The zero-order valence-electron chi connectivity index (χ0n) is 14.5. The molecule has 27 heavy (non-hydrogen) atoms. The van der Waals surface area contributed by atoms with Crippen LogP contribution in [0, 0.1) is 0 Å². The summed E-state index contributed by atoms with van der Waals surface area (Å²) in [6.07, 6.45) is 3.49. The molecule has 2 aromatic heterocycles. The Kier molecular flexibility index (Phi) is 5.82. The maximum absolute atomic E-state index is 12.3. The van der Waals surface area contributed by atoms with Gasteiger partial charge in [0.2, 0.25) is 15.9 Å². The molecule has 0 atom stereocenters. The van der Waals surface area contributed by atoms with Gasteiger partial charge in [-0.15, -0.1) is 11.3 Å². The number of nitrogens with one attached hydrogen (secondary N) is 2. The lowest BCUT2D eigenvalue weighted by Crippen LogP contribution is -2.16. The Morgan fingerprint density at radius 1 is 1.19 bits per heavy atom. The summed E-state index contributed by atoms with van der Waals surface area (Å²) in [5.74, 6) is -0.234. The first kappa shape index (κ1) is 19.0. The summed E-state index contributed by atoms with van der Waals surface area (Å²) in [6.45, 7) is 1.56. The van der Waals surface area contributed by atoms with Crippen LogP contribution in [0.15, 0.2) is 54.2 Å². The molecule has 0 aliphatic heterocycles. The van der Waals surface area contributed by atoms with Crippen molar-refractivity contribution in [3.63, 3.8) is 0 Å². The molecule has 0 saturated carbocycles. The third kappa shape index (κ3) is 5.35. The molecule has 140 valence electrons. The number of hydrogen-bond acceptors (Lipinski definition) is 6. The van der Waals surface area contributed by atoms with Crippen molar-refractivity contribution < 1.29 is 13.2 Å². The highest BCUT2D eigenvalue weighted by molar-refractivity contribution is 7.92. The van der Waals surface area contributed by atoms with Gasteiger partial charge in [0.25, 0.3) is 0 Å². The Balaban J connectivity index is 1.64. The average molecular weight is 403 g/mol. The molecule has 3 aromatic rings. The van der Waals surface area contributed by atoms with Gasteiger partial charge in [0.05, 0.1) is 17.9 Å². The van der Waals surface area contributed by atoms with E-state index in [1.54, 1.807) is 43.6 Å². The summed E-state index contributed by atoms with van der Waals surface area (Å²) >= 11 is 1.34. The summed E-state index contributed by atoms with van der Waals surface area (Å²) in [5.41, 5.74) is 2.84. The van der Waals surface area contributed by atoms with Gasteiger partial charge in [0.1, 0.15) is 0 Å². The van der Waals surface area contributed by atoms with Gasteiger partial charge in [-0.3, -0.25) is 14.5 Å². The Labute approximate surface area is 161 Å². The number of hydrogen-bond donors (Lipinski definition) is 2. The molecule has 0 bridgehead atoms. The van der Waals surface area contributed by atoms with Crippen molar-refractivity contribution in [2.24, 2.45) is 0 Å². The summed E-state index contributed by atoms with van der Waals surface area (Å²) < 4.78 is 25.8. The predicted molar refractivity (Wildman–Crippen MR) is 107 cm³/mol. The Hall–Kier alpha value is -2.78. The molecule has 0 saturated heterocycles. The van der Waals surface area contributed by atoms with Crippen LogP contribution < -0.4 is 10.0 Å². The van der Waals surface area contributed by atoms with Crippen molar-refractivity contribution in [3.8, 4) is 11.3 Å². The van der Waals surface area contributed by atoms with Gasteiger partial charge in [-0.2, -0.15) is 0 Å². The molecule has 2 N–H and O–H groups in total. The van der Waals surface area contributed by atoms with Crippen LogP contribution in [0.3, 0.4) is 0 Å². The van der Waals surface area contributed by atoms with Crippen LogP contribution in [0.5, 0.6) is 0 Å². The van der Waals surface area contributed by atoms with Crippen molar-refractivity contribution in [1.82, 2.24) is 9.97 Å². The molecule has 0 aliphatic rings. The van der Waals surface area contributed by atoms with E-state index in [4.69, 9.17) is 0 Å². The van der Waals surface area contributed by atoms with Crippen molar-refractivity contribution in [1.29, 1.82) is 0 Å². The molecule has 7 nitrogen and oxygen atoms in total. The van der Waals surface area contributed by atoms with Crippen molar-refractivity contribution in [2.75, 3.05) is 15.8 Å². The highest BCUT2D eigenvalue weighted by Crippen LogP contribution is 2.24. The first-order valence-corrected chi connectivity index (χ1v) is 10.7. The quantitative estimate of drug-likeness (QED) is 0.632. The van der Waals surface area contributed by atoms with E-state index in [1.165, 1.54) is 11.3 Å². The number of carbonyl (C=O) groups excluding carboxylic acids is 1. The van der Waals surface area contributed by atoms with E-state index in [1.807, 2.05) is 17.5 Å². The van der Waals surface area contributed by atoms with Gasteiger partial charge in [0, 0.05) is 29.0 Å². The molecule has 0 fully saturated rings. The van der Waals surface area contributed by atoms with Crippen LogP contribution in [0.4, 0.5) is 10.8 Å². The lowest BCUT2D eigenvalue weighted by Gasteiger charge is -2.08. The molecule has 3 rings (SSSR count). The minimum absolute atomic E-state index is 0.0123. The minimum atomic E-state index is -3.35. The third-order valence-corrected chi connectivity index (χ3v) is 5.74. The Bertz CT molecular complexity index is 1030. The van der Waals surface area contributed by atoms with E-state index in [9.17, 15) is 13.2 Å². The second kappa shape index (κ2) is 8.28. The largest absolute Gasteiger partial charge is 0.302 e. The maximum Gasteiger partial charge on any atom is 0.232 e. The molecule has 0 unspecified atom stereocenters. The number of benzene rings is 1. The van der Waals surface area contributed by atoms with Crippen molar-refractivity contribution in [2.45, 2.75) is 13.3 Å². The number of thiazole rings is 1. The zero-order valence-corrected chi connectivity index (χ0v) is 16.2. The fraction of sp³-hybridized carbons (Fsp3) is 0.167. The summed E-state index contributed by atoms with van der Waals surface area (Å²) in [4.78, 5) is 20.7. The van der Waals surface area contributed by atoms with E-state index >= 15 is 0 Å². The Morgan fingerprint density at radius 3 is 2.70 bits per heavy atom. The van der Waals surface area contributed by atoms with Crippen LogP contribution >= 0.6 is 11.3 Å². The van der Waals surface area contributed by atoms with Crippen LogP contribution in [-0.2, 0) is 21.2 Å². The number of anilines is 2. The number of pyridine rings is 1. The molecular weight excluding hydrogens is 384 g/mol. The summed E-state index contributed by atoms with van der Waals surface area (Å²) in [7, 11) is -3.35. The smallest absolute Gasteiger partial charge is 0.232 e. The lowest BCUT2D eigenvalue weighted by atomic mass is 10.1. The lowest BCUT2D eigenvalue weighted by molar-refractivity contribution is -0.115. The first-order valence-electron chi connectivity index (χ1n) is 8.20. The second-order valence-electron chi connectivity index (χ2n) is 5.70. The molecule has 0 aliphatic carbocycles. The van der Waals surface area contributed by atoms with Crippen LogP contribution in [0.25, 0.3) is 11.3 Å². The number of aromatic nitrogens is 2. The van der Waals surface area contributed by atoms with Crippen molar-refractivity contribution >= 4 is 38.1 Å². The highest BCUT2D eigenvalue weighted by atomic mass is 32.2. The van der Waals surface area contributed by atoms with Gasteiger partial charge in [-0.25, -0.2) is 13.4 Å². The molecule has 0 radical (unpaired) electrons. The molecule has 1 amide bonds. The normalized spacial score (nSPS) is 11.1. The standard InChI is InChI=1S/C18H18N4O3S2/c1-2-27(24,25)22-15-5-3-4-13(10-15)11-17(23)21-18-20-16(12-26-18)14-6-8-19-9-7-14/h3-10,12,22H,2,11H2,1H3,(H,20,21,23). The highest BCUT2D eigenvalue weighted by Gasteiger charge is 2.11. The molecule has 1 aromatic carbocycles. The zero-order chi connectivity index (χ0) is 19.3. The van der Waals surface area contributed by atoms with E-state index < -0.39 is 10.0 Å². The van der Waals surface area contributed by atoms with Gasteiger partial charge in [-0.05, 0) is 36.8 Å². The van der Waals surface area contributed by atoms with E-state index in [-0.39, 0.29) is 18.1 Å². The number of sulfonamides is 1. The van der Waals surface area contributed by atoms with Crippen LogP contribution in [0.2, 0.25) is 0 Å². The third-order valence-electron chi connectivity index (χ3n) is 3.67. The Morgan fingerprint density at radius 2 is 1.96 bits per heavy atom. The number of amides is 1. The number of nitrogens with zero attached hydrogens (tertiary/aromatic N) is 2. The topological polar surface area (TPSA) is 101 Å². The summed E-state index contributed by atoms with van der Waals surface area (Å²) in [6, 6.07) is 10.5. The molecule has 2 heterocycles. The fourth-order valence-corrected chi connectivity index (χ4v) is 3.70. The van der Waals surface area contributed by atoms with E-state index in [0.717, 1.165) is 11.3 Å². The minimum Gasteiger partial charge on any atom is -0.302 e. The maximum atomic E-state index is 12.3. The second-order valence-corrected chi connectivity index (χ2v) is 8.57. The van der Waals surface area contributed by atoms with Crippen molar-refractivity contribution in [3.05, 3.63) is 59.7 Å². The predicted octanol–water partition coefficient (Wildman–Crippen LogP) is 3.15. The SMILES string of the molecule is CCS(=O)(=O)Nc1cccc(CC(=O)Nc2nc(-c3ccncc3)cs2)c1. The van der Waals surface area contributed by atoms with Gasteiger partial charge in [0.15, 0.2) is 5.13 Å². The van der Waals surface area contributed by atoms with Crippen LogP contribution in [-0.4, -0.2) is 30.0 Å². The molecular formula is C18H18N4O3S2. The monoisotopic (exact) mass is 402 g/mol. The van der Waals surface area contributed by atoms with Gasteiger partial charge in [-0.1, -0.05) is 12.1 Å². The van der Waals surface area contributed by atoms with Crippen LogP contribution in [0.1, 0.15) is 12.5 Å². The number of carbonyl (C=O) groups is 1. The van der Waals surface area contributed by atoms with Gasteiger partial charge >= 0.3 is 0 Å². The van der Waals surface area contributed by atoms with E-state index in [0.29, 0.717) is 16.4 Å². The molecule has 9 heteroatoms. The van der Waals surface area contributed by atoms with Gasteiger partial charge < -0.3 is 5.32 Å². The molecule has 0 spiro atoms. The number of rotatable bonds is 7. The van der Waals surface area contributed by atoms with E-state index in [2.05, 4.69) is 20.0 Å². The summed E-state index contributed by atoms with van der Waals surface area (Å²) in [5, 5.41) is 5.15. The average Bonchev–Trinajstić information content (AvgIpc) is 3.10. The fourth-order valence-electron chi connectivity index (χ4n) is 2.33. The first-order chi connectivity index (χ1) is 12.9.